The van der Waals surface area contributed by atoms with Crippen LogP contribution in [0.15, 0.2) is 32.8 Å². The monoisotopic (exact) mass is 416 g/mol. The standard InChI is InChI=1S/C20H20N2O4S2/c1-11-4-5-13-15(9-11)27-17-16(13)18(23)22(10-12-3-2-7-25-12)20(21-17)28-14-6-8-26-19(14)24/h2-3,7,11,14H,4-6,8-10H2,1H3/t11-,14+/m1/s1. The minimum absolute atomic E-state index is 0.0395. The van der Waals surface area contributed by atoms with E-state index in [1.807, 2.05) is 6.07 Å². The molecule has 1 aliphatic carbocycles. The largest absolute Gasteiger partial charge is 0.467 e. The topological polar surface area (TPSA) is 74.3 Å². The van der Waals surface area contributed by atoms with Gasteiger partial charge in [-0.15, -0.1) is 11.3 Å². The van der Waals surface area contributed by atoms with E-state index in [-0.39, 0.29) is 16.8 Å². The SMILES string of the molecule is C[C@@H]1CCc2c(sc3nc(S[C@H]4CCOC4=O)n(Cc4ccco4)c(=O)c23)C1. The van der Waals surface area contributed by atoms with Crippen molar-refractivity contribution in [3.8, 4) is 0 Å². The minimum Gasteiger partial charge on any atom is -0.467 e. The lowest BCUT2D eigenvalue weighted by Gasteiger charge is -2.17. The summed E-state index contributed by atoms with van der Waals surface area (Å²) in [5.74, 6) is 1.09. The van der Waals surface area contributed by atoms with Crippen LogP contribution in [0, 0.1) is 5.92 Å². The number of aromatic nitrogens is 2. The van der Waals surface area contributed by atoms with E-state index in [2.05, 4.69) is 6.92 Å². The van der Waals surface area contributed by atoms with E-state index in [1.54, 1.807) is 28.2 Å². The fourth-order valence-corrected chi connectivity index (χ4v) is 6.39. The average Bonchev–Trinajstić information content (AvgIpc) is 3.39. The first-order valence-corrected chi connectivity index (χ1v) is 11.2. The quantitative estimate of drug-likeness (QED) is 0.478. The Morgan fingerprint density at radius 3 is 3.00 bits per heavy atom. The molecule has 8 heteroatoms. The van der Waals surface area contributed by atoms with Gasteiger partial charge in [0.2, 0.25) is 0 Å². The number of aryl methyl sites for hydroxylation is 1. The number of hydrogen-bond donors (Lipinski definition) is 0. The Labute approximate surface area is 169 Å². The molecular weight excluding hydrogens is 396 g/mol. The maximum absolute atomic E-state index is 13.5. The van der Waals surface area contributed by atoms with Gasteiger partial charge in [-0.2, -0.15) is 0 Å². The van der Waals surface area contributed by atoms with Crippen molar-refractivity contribution in [2.24, 2.45) is 5.92 Å². The van der Waals surface area contributed by atoms with E-state index < -0.39 is 0 Å². The van der Waals surface area contributed by atoms with Crippen molar-refractivity contribution < 1.29 is 13.9 Å². The fraction of sp³-hybridized carbons (Fsp3) is 0.450. The first-order chi connectivity index (χ1) is 13.6. The third kappa shape index (κ3) is 3.08. The van der Waals surface area contributed by atoms with Crippen LogP contribution in [0.2, 0.25) is 0 Å². The zero-order chi connectivity index (χ0) is 19.3. The number of ether oxygens (including phenoxy) is 1. The Morgan fingerprint density at radius 1 is 1.36 bits per heavy atom. The molecule has 1 aliphatic heterocycles. The molecule has 1 fully saturated rings. The van der Waals surface area contributed by atoms with E-state index in [1.165, 1.54) is 22.2 Å². The molecule has 3 aromatic rings. The molecule has 0 unspecified atom stereocenters. The summed E-state index contributed by atoms with van der Waals surface area (Å²) in [4.78, 5) is 32.4. The highest BCUT2D eigenvalue weighted by Gasteiger charge is 2.31. The van der Waals surface area contributed by atoms with E-state index in [9.17, 15) is 9.59 Å². The lowest BCUT2D eigenvalue weighted by molar-refractivity contribution is -0.137. The second-order valence-electron chi connectivity index (χ2n) is 7.46. The van der Waals surface area contributed by atoms with Crippen LogP contribution in [0.5, 0.6) is 0 Å². The summed E-state index contributed by atoms with van der Waals surface area (Å²) in [5, 5.41) is 0.989. The molecule has 2 aliphatic rings. The Hall–Kier alpha value is -2.06. The second kappa shape index (κ2) is 7.08. The van der Waals surface area contributed by atoms with Crippen molar-refractivity contribution in [3.63, 3.8) is 0 Å². The van der Waals surface area contributed by atoms with E-state index in [0.717, 1.165) is 29.5 Å². The van der Waals surface area contributed by atoms with Crippen LogP contribution in [0.4, 0.5) is 0 Å². The van der Waals surface area contributed by atoms with Gasteiger partial charge in [0.15, 0.2) is 5.16 Å². The van der Waals surface area contributed by atoms with Crippen molar-refractivity contribution in [3.05, 3.63) is 45.0 Å². The van der Waals surface area contributed by atoms with Gasteiger partial charge in [-0.05, 0) is 42.9 Å². The number of cyclic esters (lactones) is 1. The third-order valence-corrected chi connectivity index (χ3v) is 7.79. The first-order valence-electron chi connectivity index (χ1n) is 9.51. The van der Waals surface area contributed by atoms with Gasteiger partial charge >= 0.3 is 5.97 Å². The molecule has 3 aromatic heterocycles. The summed E-state index contributed by atoms with van der Waals surface area (Å²) in [7, 11) is 0. The summed E-state index contributed by atoms with van der Waals surface area (Å²) in [5.41, 5.74) is 1.13. The van der Waals surface area contributed by atoms with Crippen molar-refractivity contribution in [1.82, 2.24) is 9.55 Å². The molecule has 2 atom stereocenters. The number of thioether (sulfide) groups is 1. The number of fused-ring (bicyclic) bond motifs is 3. The predicted octanol–water partition coefficient (Wildman–Crippen LogP) is 3.63. The molecule has 0 bridgehead atoms. The molecule has 5 rings (SSSR count). The molecule has 4 heterocycles. The van der Waals surface area contributed by atoms with Gasteiger partial charge in [0.1, 0.15) is 15.8 Å². The maximum Gasteiger partial charge on any atom is 0.319 e. The van der Waals surface area contributed by atoms with Gasteiger partial charge in [-0.3, -0.25) is 14.2 Å². The lowest BCUT2D eigenvalue weighted by Crippen LogP contribution is -2.25. The van der Waals surface area contributed by atoms with Gasteiger partial charge in [0.25, 0.3) is 5.56 Å². The number of hydrogen-bond acceptors (Lipinski definition) is 7. The molecule has 0 saturated carbocycles. The highest BCUT2D eigenvalue weighted by molar-refractivity contribution is 8.00. The smallest absolute Gasteiger partial charge is 0.319 e. The van der Waals surface area contributed by atoms with Gasteiger partial charge in [0, 0.05) is 11.3 Å². The van der Waals surface area contributed by atoms with Crippen molar-refractivity contribution in [2.75, 3.05) is 6.61 Å². The average molecular weight is 417 g/mol. The van der Waals surface area contributed by atoms with Crippen LogP contribution in [0.1, 0.15) is 36.0 Å². The minimum atomic E-state index is -0.318. The maximum atomic E-state index is 13.5. The van der Waals surface area contributed by atoms with Crippen LogP contribution < -0.4 is 5.56 Å². The summed E-state index contributed by atoms with van der Waals surface area (Å²) in [6.07, 6.45) is 5.26. The second-order valence-corrected chi connectivity index (χ2v) is 9.71. The molecule has 6 nitrogen and oxygen atoms in total. The number of carbonyl (C=O) groups excluding carboxylic acids is 1. The van der Waals surface area contributed by atoms with Crippen LogP contribution in [0.25, 0.3) is 10.2 Å². The Morgan fingerprint density at radius 2 is 2.25 bits per heavy atom. The highest BCUT2D eigenvalue weighted by atomic mass is 32.2. The van der Waals surface area contributed by atoms with Gasteiger partial charge in [0.05, 0.1) is 24.8 Å². The van der Waals surface area contributed by atoms with Crippen molar-refractivity contribution >= 4 is 39.3 Å². The fourth-order valence-electron chi connectivity index (χ4n) is 3.90. The van der Waals surface area contributed by atoms with Gasteiger partial charge in [-0.25, -0.2) is 4.98 Å². The Bertz CT molecular complexity index is 1100. The third-order valence-electron chi connectivity index (χ3n) is 5.41. The molecule has 146 valence electrons. The Kier molecular flexibility index (Phi) is 4.55. The van der Waals surface area contributed by atoms with E-state index in [4.69, 9.17) is 14.1 Å². The number of esters is 1. The Balaban J connectivity index is 1.65. The first kappa shape index (κ1) is 18.0. The molecule has 0 amide bonds. The summed E-state index contributed by atoms with van der Waals surface area (Å²) in [6, 6.07) is 3.65. The number of thiophene rings is 1. The molecule has 0 spiro atoms. The number of carbonyl (C=O) groups is 1. The normalized spacial score (nSPS) is 21.8. The van der Waals surface area contributed by atoms with Crippen LogP contribution >= 0.6 is 23.1 Å². The number of nitrogens with zero attached hydrogens (tertiary/aromatic N) is 2. The molecular formula is C20H20N2O4S2. The molecule has 1 saturated heterocycles. The summed E-state index contributed by atoms with van der Waals surface area (Å²) in [6.45, 7) is 2.98. The van der Waals surface area contributed by atoms with Crippen molar-refractivity contribution in [1.29, 1.82) is 0 Å². The number of rotatable bonds is 4. The number of furan rings is 1. The lowest BCUT2D eigenvalue weighted by atomic mass is 9.89. The molecule has 0 N–H and O–H groups in total. The zero-order valence-corrected chi connectivity index (χ0v) is 17.1. The van der Waals surface area contributed by atoms with Gasteiger partial charge < -0.3 is 9.15 Å². The highest BCUT2D eigenvalue weighted by Crippen LogP contribution is 2.37. The predicted molar refractivity (Wildman–Crippen MR) is 108 cm³/mol. The zero-order valence-electron chi connectivity index (χ0n) is 15.5. The molecule has 28 heavy (non-hydrogen) atoms. The van der Waals surface area contributed by atoms with Crippen LogP contribution in [-0.4, -0.2) is 27.4 Å². The van der Waals surface area contributed by atoms with Crippen LogP contribution in [0.3, 0.4) is 0 Å². The van der Waals surface area contributed by atoms with E-state index in [0.29, 0.717) is 36.4 Å². The molecule has 0 radical (unpaired) electrons. The summed E-state index contributed by atoms with van der Waals surface area (Å²) >= 11 is 2.96. The van der Waals surface area contributed by atoms with E-state index >= 15 is 0 Å². The van der Waals surface area contributed by atoms with Crippen LogP contribution in [-0.2, 0) is 28.9 Å². The van der Waals surface area contributed by atoms with Crippen molar-refractivity contribution in [2.45, 2.75) is 49.6 Å². The molecule has 0 aromatic carbocycles. The summed E-state index contributed by atoms with van der Waals surface area (Å²) < 4.78 is 12.2. The van der Waals surface area contributed by atoms with Gasteiger partial charge in [-0.1, -0.05) is 18.7 Å².